The van der Waals surface area contributed by atoms with Crippen LogP contribution in [0.3, 0.4) is 0 Å². The standard InChI is InChI=1S/C44H28O/c1-4-14-29(15-5-1)33-25-26-38-39-28-32(24-27-40(39)45-44(38)43(33)31-18-8-3-9-19-31)42-36-22-12-10-20-34(36)41(30-16-6-2-7-17-30)35-21-11-13-23-37(35)42/h1-28H/i2D,6D,7D,16D,17D. The molecule has 1 aromatic heterocycles. The van der Waals surface area contributed by atoms with Gasteiger partial charge in [0.25, 0.3) is 0 Å². The van der Waals surface area contributed by atoms with Gasteiger partial charge >= 0.3 is 0 Å². The molecule has 0 spiro atoms. The van der Waals surface area contributed by atoms with Crippen molar-refractivity contribution in [3.05, 3.63) is 170 Å². The lowest BCUT2D eigenvalue weighted by Gasteiger charge is -2.17. The largest absolute Gasteiger partial charge is 0.455 e. The minimum absolute atomic E-state index is 0.203. The predicted molar refractivity (Wildman–Crippen MR) is 190 cm³/mol. The third kappa shape index (κ3) is 4.09. The molecule has 0 bridgehead atoms. The van der Waals surface area contributed by atoms with E-state index in [0.29, 0.717) is 5.56 Å². The highest BCUT2D eigenvalue weighted by molar-refractivity contribution is 6.22. The van der Waals surface area contributed by atoms with Gasteiger partial charge in [-0.1, -0.05) is 152 Å². The highest BCUT2D eigenvalue weighted by Crippen LogP contribution is 2.46. The topological polar surface area (TPSA) is 13.1 Å². The first-order valence-electron chi connectivity index (χ1n) is 17.5. The summed E-state index contributed by atoms with van der Waals surface area (Å²) in [4.78, 5) is 0. The second-order valence-corrected chi connectivity index (χ2v) is 11.3. The van der Waals surface area contributed by atoms with Crippen molar-refractivity contribution in [2.75, 3.05) is 0 Å². The van der Waals surface area contributed by atoms with Crippen LogP contribution in [-0.2, 0) is 0 Å². The molecule has 0 saturated heterocycles. The van der Waals surface area contributed by atoms with Gasteiger partial charge in [-0.2, -0.15) is 0 Å². The van der Waals surface area contributed by atoms with Crippen molar-refractivity contribution < 1.29 is 11.3 Å². The van der Waals surface area contributed by atoms with Crippen LogP contribution in [0.4, 0.5) is 0 Å². The van der Waals surface area contributed by atoms with Crippen molar-refractivity contribution in [3.63, 3.8) is 0 Å². The second kappa shape index (κ2) is 10.4. The number of furan rings is 1. The Morgan fingerprint density at radius 2 is 0.933 bits per heavy atom. The van der Waals surface area contributed by atoms with Crippen LogP contribution in [0.5, 0.6) is 0 Å². The van der Waals surface area contributed by atoms with Crippen molar-refractivity contribution in [2.45, 2.75) is 0 Å². The molecule has 45 heavy (non-hydrogen) atoms. The lowest BCUT2D eigenvalue weighted by Crippen LogP contribution is -1.90. The zero-order valence-electron chi connectivity index (χ0n) is 29.2. The number of hydrogen-bond donors (Lipinski definition) is 0. The van der Waals surface area contributed by atoms with Crippen molar-refractivity contribution in [1.29, 1.82) is 0 Å². The van der Waals surface area contributed by atoms with E-state index in [4.69, 9.17) is 11.3 Å². The molecular formula is C44H28O. The van der Waals surface area contributed by atoms with E-state index in [9.17, 15) is 0 Å². The molecule has 0 saturated carbocycles. The van der Waals surface area contributed by atoms with Crippen molar-refractivity contribution in [3.8, 4) is 44.5 Å². The first-order valence-corrected chi connectivity index (χ1v) is 15.0. The van der Waals surface area contributed by atoms with Gasteiger partial charge in [-0.15, -0.1) is 0 Å². The molecule has 1 nitrogen and oxygen atoms in total. The quantitative estimate of drug-likeness (QED) is 0.190. The molecule has 0 aliphatic rings. The van der Waals surface area contributed by atoms with Gasteiger partial charge in [0.1, 0.15) is 11.2 Å². The van der Waals surface area contributed by atoms with Crippen LogP contribution in [0, 0.1) is 0 Å². The smallest absolute Gasteiger partial charge is 0.143 e. The lowest BCUT2D eigenvalue weighted by molar-refractivity contribution is 0.670. The van der Waals surface area contributed by atoms with Gasteiger partial charge in [-0.05, 0) is 78.7 Å². The molecule has 0 aliphatic carbocycles. The Balaban J connectivity index is 1.34. The normalized spacial score (nSPS) is 13.1. The first kappa shape index (κ1) is 20.9. The highest BCUT2D eigenvalue weighted by atomic mass is 16.3. The Morgan fingerprint density at radius 3 is 1.56 bits per heavy atom. The summed E-state index contributed by atoms with van der Waals surface area (Å²) in [6, 6.07) is 45.7. The van der Waals surface area contributed by atoms with Crippen molar-refractivity contribution >= 4 is 43.5 Å². The molecule has 9 rings (SSSR count). The third-order valence-corrected chi connectivity index (χ3v) is 8.76. The Labute approximate surface area is 268 Å². The molecule has 0 radical (unpaired) electrons. The monoisotopic (exact) mass is 577 g/mol. The Kier molecular flexibility index (Phi) is 4.81. The number of benzene rings is 8. The number of fused-ring (bicyclic) bond motifs is 5. The van der Waals surface area contributed by atoms with Gasteiger partial charge in [0.2, 0.25) is 0 Å². The molecule has 210 valence electrons. The molecule has 8 aromatic carbocycles. The predicted octanol–water partition coefficient (Wildman–Crippen LogP) is 12.6. The minimum Gasteiger partial charge on any atom is -0.455 e. The van der Waals surface area contributed by atoms with E-state index in [1.54, 1.807) is 0 Å². The summed E-state index contributed by atoms with van der Waals surface area (Å²) in [7, 11) is 0. The SMILES string of the molecule is [2H]c1c([2H])c([2H])c(-c2c3ccccc3c(-c3ccc4oc5c(-c6ccccc6)c(-c6ccccc6)ccc5c4c3)c3ccccc23)c([2H])c1[2H]. The van der Waals surface area contributed by atoms with Gasteiger partial charge in [-0.25, -0.2) is 0 Å². The van der Waals surface area contributed by atoms with Crippen LogP contribution in [0.25, 0.3) is 88.0 Å². The fourth-order valence-electron chi connectivity index (χ4n) is 6.83. The number of hydrogen-bond acceptors (Lipinski definition) is 1. The molecule has 9 aromatic rings. The Morgan fingerprint density at radius 1 is 0.378 bits per heavy atom. The van der Waals surface area contributed by atoms with Gasteiger partial charge in [0, 0.05) is 16.3 Å². The molecule has 0 amide bonds. The van der Waals surface area contributed by atoms with Crippen LogP contribution in [0.2, 0.25) is 0 Å². The van der Waals surface area contributed by atoms with E-state index in [-0.39, 0.29) is 29.7 Å². The lowest BCUT2D eigenvalue weighted by atomic mass is 9.85. The molecule has 1 heterocycles. The molecule has 0 unspecified atom stereocenters. The van der Waals surface area contributed by atoms with Gasteiger partial charge < -0.3 is 4.42 Å². The minimum atomic E-state index is -0.402. The van der Waals surface area contributed by atoms with E-state index in [1.807, 2.05) is 78.9 Å². The summed E-state index contributed by atoms with van der Waals surface area (Å²) in [6.45, 7) is 0. The van der Waals surface area contributed by atoms with Crippen molar-refractivity contribution in [1.82, 2.24) is 0 Å². The van der Waals surface area contributed by atoms with E-state index >= 15 is 0 Å². The van der Waals surface area contributed by atoms with Crippen LogP contribution in [-0.4, -0.2) is 0 Å². The highest BCUT2D eigenvalue weighted by Gasteiger charge is 2.20. The molecule has 0 aliphatic heterocycles. The van der Waals surface area contributed by atoms with E-state index in [2.05, 4.69) is 60.7 Å². The Hall–Kier alpha value is -5.92. The molecule has 0 N–H and O–H groups in total. The van der Waals surface area contributed by atoms with Crippen LogP contribution in [0.15, 0.2) is 174 Å². The summed E-state index contributed by atoms with van der Waals surface area (Å²) < 4.78 is 49.5. The molecule has 0 atom stereocenters. The van der Waals surface area contributed by atoms with Crippen molar-refractivity contribution in [2.24, 2.45) is 0 Å². The van der Waals surface area contributed by atoms with Crippen LogP contribution < -0.4 is 0 Å². The summed E-state index contributed by atoms with van der Waals surface area (Å²) in [5, 5.41) is 5.50. The van der Waals surface area contributed by atoms with E-state index < -0.39 is 6.04 Å². The average molecular weight is 578 g/mol. The zero-order valence-corrected chi connectivity index (χ0v) is 24.2. The molecule has 1 heteroatoms. The van der Waals surface area contributed by atoms with Crippen LogP contribution >= 0.6 is 0 Å². The summed E-state index contributed by atoms with van der Waals surface area (Å²) in [5.41, 5.74) is 8.80. The van der Waals surface area contributed by atoms with Gasteiger partial charge in [0.15, 0.2) is 0 Å². The summed E-state index contributed by atoms with van der Waals surface area (Å²) in [6.07, 6.45) is 0. The second-order valence-electron chi connectivity index (χ2n) is 11.3. The van der Waals surface area contributed by atoms with Gasteiger partial charge in [0.05, 0.1) is 6.85 Å². The average Bonchev–Trinajstić information content (AvgIpc) is 3.54. The maximum atomic E-state index is 8.86. The maximum absolute atomic E-state index is 8.86. The first-order chi connectivity index (χ1) is 24.4. The van der Waals surface area contributed by atoms with E-state index in [0.717, 1.165) is 76.9 Å². The fourth-order valence-corrected chi connectivity index (χ4v) is 6.83. The van der Waals surface area contributed by atoms with Gasteiger partial charge in [-0.3, -0.25) is 0 Å². The van der Waals surface area contributed by atoms with Crippen LogP contribution in [0.1, 0.15) is 6.85 Å². The molecular weight excluding hydrogens is 544 g/mol. The number of rotatable bonds is 4. The third-order valence-electron chi connectivity index (χ3n) is 8.76. The summed E-state index contributed by atoms with van der Waals surface area (Å²) in [5.74, 6) is 0. The van der Waals surface area contributed by atoms with E-state index in [1.165, 1.54) is 0 Å². The maximum Gasteiger partial charge on any atom is 0.143 e. The Bertz CT molecular complexity index is 2720. The zero-order chi connectivity index (χ0) is 34.1. The fraction of sp³-hybridized carbons (Fsp3) is 0. The summed E-state index contributed by atoms with van der Waals surface area (Å²) >= 11 is 0. The molecule has 0 fully saturated rings.